The predicted octanol–water partition coefficient (Wildman–Crippen LogP) is 12.0. The van der Waals surface area contributed by atoms with E-state index in [1.54, 1.807) is 0 Å². The summed E-state index contributed by atoms with van der Waals surface area (Å²) >= 11 is 0. The van der Waals surface area contributed by atoms with Gasteiger partial charge in [0.1, 0.15) is 0 Å². The summed E-state index contributed by atoms with van der Waals surface area (Å²) in [5.41, 5.74) is 10.4. The average Bonchev–Trinajstić information content (AvgIpc) is 3.51. The van der Waals surface area contributed by atoms with Crippen molar-refractivity contribution in [1.29, 1.82) is 0 Å². The Labute approximate surface area is 283 Å². The fraction of sp³-hybridized carbons (Fsp3) is 0. The molecular weight excluding hydrogens is 595 g/mol. The van der Waals surface area contributed by atoms with Gasteiger partial charge < -0.3 is 4.57 Å². The maximum atomic E-state index is 4.63. The normalized spacial score (nSPS) is 11.7. The van der Waals surface area contributed by atoms with Crippen LogP contribution < -0.4 is 0 Å². The molecule has 10 rings (SSSR count). The van der Waals surface area contributed by atoms with Gasteiger partial charge in [0.25, 0.3) is 0 Å². The molecule has 3 heterocycles. The van der Waals surface area contributed by atoms with Gasteiger partial charge >= 0.3 is 0 Å². The molecule has 3 heteroatoms. The molecule has 0 aliphatic rings. The summed E-state index contributed by atoms with van der Waals surface area (Å²) in [4.78, 5) is 9.03. The third-order valence-corrected chi connectivity index (χ3v) is 9.92. The number of hydrogen-bond donors (Lipinski definition) is 0. The Kier molecular flexibility index (Phi) is 6.18. The number of aromatic nitrogens is 3. The van der Waals surface area contributed by atoms with Crippen LogP contribution in [0.15, 0.2) is 176 Å². The lowest BCUT2D eigenvalue weighted by Crippen LogP contribution is -1.96. The Bertz CT molecular complexity index is 2860. The second kappa shape index (κ2) is 11.0. The largest absolute Gasteiger partial charge is 0.308 e. The van der Waals surface area contributed by atoms with Gasteiger partial charge in [-0.05, 0) is 74.6 Å². The molecule has 0 aliphatic heterocycles. The Morgan fingerprint density at radius 3 is 1.96 bits per heavy atom. The topological polar surface area (TPSA) is 30.7 Å². The zero-order chi connectivity index (χ0) is 32.3. The lowest BCUT2D eigenvalue weighted by molar-refractivity contribution is 1.20. The second-order valence-electron chi connectivity index (χ2n) is 12.6. The minimum Gasteiger partial charge on any atom is -0.308 e. The van der Waals surface area contributed by atoms with E-state index in [-0.39, 0.29) is 0 Å². The first-order valence-electron chi connectivity index (χ1n) is 16.6. The summed E-state index contributed by atoms with van der Waals surface area (Å²) in [6.07, 6.45) is 5.63. The van der Waals surface area contributed by atoms with E-state index in [0.717, 1.165) is 16.8 Å². The van der Waals surface area contributed by atoms with E-state index < -0.39 is 0 Å². The van der Waals surface area contributed by atoms with E-state index in [9.17, 15) is 0 Å². The minimum atomic E-state index is 0.977. The van der Waals surface area contributed by atoms with Gasteiger partial charge in [-0.15, -0.1) is 0 Å². The lowest BCUT2D eigenvalue weighted by atomic mass is 9.92. The van der Waals surface area contributed by atoms with Crippen LogP contribution in [0.1, 0.15) is 0 Å². The maximum absolute atomic E-state index is 4.63. The quantitative estimate of drug-likeness (QED) is 0.195. The van der Waals surface area contributed by atoms with E-state index in [1.165, 1.54) is 76.5 Å². The minimum absolute atomic E-state index is 0.977. The summed E-state index contributed by atoms with van der Waals surface area (Å²) in [7, 11) is 0. The van der Waals surface area contributed by atoms with Crippen LogP contribution in [0, 0.1) is 0 Å². The van der Waals surface area contributed by atoms with Gasteiger partial charge in [0.15, 0.2) is 0 Å². The number of fused-ring (bicyclic) bond motifs is 7. The van der Waals surface area contributed by atoms with Crippen LogP contribution in [-0.2, 0) is 0 Å². The molecule has 0 spiro atoms. The van der Waals surface area contributed by atoms with E-state index in [1.807, 2.05) is 36.8 Å². The first-order chi connectivity index (χ1) is 24.3. The Morgan fingerprint density at radius 2 is 1.14 bits per heavy atom. The second-order valence-corrected chi connectivity index (χ2v) is 12.6. The van der Waals surface area contributed by atoms with Crippen molar-refractivity contribution in [3.63, 3.8) is 0 Å². The molecule has 228 valence electrons. The molecule has 7 aromatic carbocycles. The van der Waals surface area contributed by atoms with E-state index in [0.29, 0.717) is 0 Å². The van der Waals surface area contributed by atoms with Gasteiger partial charge in [0, 0.05) is 51.3 Å². The van der Waals surface area contributed by atoms with Crippen LogP contribution in [-0.4, -0.2) is 14.5 Å². The van der Waals surface area contributed by atoms with Crippen LogP contribution in [0.3, 0.4) is 0 Å². The molecule has 0 fully saturated rings. The zero-order valence-electron chi connectivity index (χ0n) is 26.6. The molecule has 10 aromatic rings. The highest BCUT2D eigenvalue weighted by atomic mass is 15.0. The summed E-state index contributed by atoms with van der Waals surface area (Å²) in [6.45, 7) is 0. The molecule has 0 unspecified atom stereocenters. The maximum Gasteiger partial charge on any atom is 0.0702 e. The van der Waals surface area contributed by atoms with Crippen LogP contribution in [0.2, 0.25) is 0 Å². The third-order valence-electron chi connectivity index (χ3n) is 9.92. The molecule has 0 aliphatic carbocycles. The smallest absolute Gasteiger partial charge is 0.0702 e. The molecule has 0 saturated heterocycles. The summed E-state index contributed by atoms with van der Waals surface area (Å²) in [5, 5.41) is 9.78. The summed E-state index contributed by atoms with van der Waals surface area (Å²) in [5.74, 6) is 0. The van der Waals surface area contributed by atoms with Gasteiger partial charge in [0.05, 0.1) is 22.4 Å². The van der Waals surface area contributed by atoms with Crippen LogP contribution >= 0.6 is 0 Å². The van der Waals surface area contributed by atoms with Crippen LogP contribution in [0.5, 0.6) is 0 Å². The van der Waals surface area contributed by atoms with Gasteiger partial charge in [0.2, 0.25) is 0 Å². The Morgan fingerprint density at radius 1 is 0.408 bits per heavy atom. The monoisotopic (exact) mass is 623 g/mol. The molecule has 3 nitrogen and oxygen atoms in total. The van der Waals surface area contributed by atoms with Crippen molar-refractivity contribution in [2.75, 3.05) is 0 Å². The Hall–Kier alpha value is -6.58. The number of pyridine rings is 2. The molecular formula is C46H29N3. The highest BCUT2D eigenvalue weighted by molar-refractivity contribution is 6.20. The van der Waals surface area contributed by atoms with Gasteiger partial charge in [-0.25, -0.2) is 0 Å². The molecule has 0 saturated carbocycles. The van der Waals surface area contributed by atoms with Crippen LogP contribution in [0.4, 0.5) is 0 Å². The summed E-state index contributed by atoms with van der Waals surface area (Å²) < 4.78 is 2.49. The molecule has 0 amide bonds. The van der Waals surface area contributed by atoms with Gasteiger partial charge in [-0.2, -0.15) is 0 Å². The van der Waals surface area contributed by atoms with Crippen molar-refractivity contribution in [2.45, 2.75) is 0 Å². The molecule has 0 atom stereocenters. The van der Waals surface area contributed by atoms with E-state index >= 15 is 0 Å². The number of hydrogen-bond acceptors (Lipinski definition) is 2. The highest BCUT2D eigenvalue weighted by Crippen LogP contribution is 2.42. The number of rotatable bonds is 4. The van der Waals surface area contributed by atoms with Gasteiger partial charge in [-0.3, -0.25) is 9.97 Å². The van der Waals surface area contributed by atoms with Crippen molar-refractivity contribution in [1.82, 2.24) is 14.5 Å². The Balaban J connectivity index is 1.27. The SMILES string of the molecule is c1ccc(-c2ccc3c(ccc4c5ccc(-c6ccc(-c7cccnc7)c7ccccc67)cc5n(-c5cccc6ccccc56)c34)c2)nc1. The third kappa shape index (κ3) is 4.37. The average molecular weight is 624 g/mol. The van der Waals surface area contributed by atoms with Crippen molar-refractivity contribution >= 4 is 54.1 Å². The van der Waals surface area contributed by atoms with Crippen molar-refractivity contribution in [3.05, 3.63) is 176 Å². The highest BCUT2D eigenvalue weighted by Gasteiger charge is 2.19. The molecule has 3 aromatic heterocycles. The fourth-order valence-electron chi connectivity index (χ4n) is 7.68. The molecule has 0 N–H and O–H groups in total. The predicted molar refractivity (Wildman–Crippen MR) is 205 cm³/mol. The number of benzene rings is 7. The van der Waals surface area contributed by atoms with E-state index in [2.05, 4.69) is 154 Å². The van der Waals surface area contributed by atoms with Gasteiger partial charge in [-0.1, -0.05) is 121 Å². The van der Waals surface area contributed by atoms with Crippen molar-refractivity contribution < 1.29 is 0 Å². The van der Waals surface area contributed by atoms with Crippen molar-refractivity contribution in [3.8, 4) is 39.2 Å². The standard InChI is InChI=1S/C46H29N3/c1-2-12-37-30(9-1)10-7-16-44(37)49-45-28-32(35-23-24-36(34-11-8-25-47-29-34)40-14-4-3-13-39(35)40)17-21-41(45)42-22-18-31-27-33(19-20-38(31)46(42)49)43-15-5-6-26-48-43/h1-29H. The lowest BCUT2D eigenvalue weighted by Gasteiger charge is -2.15. The molecule has 49 heavy (non-hydrogen) atoms. The van der Waals surface area contributed by atoms with Crippen molar-refractivity contribution in [2.24, 2.45) is 0 Å². The first-order valence-corrected chi connectivity index (χ1v) is 16.6. The number of nitrogens with zero attached hydrogens (tertiary/aromatic N) is 3. The first kappa shape index (κ1) is 27.5. The van der Waals surface area contributed by atoms with E-state index in [4.69, 9.17) is 0 Å². The zero-order valence-corrected chi connectivity index (χ0v) is 26.6. The summed E-state index contributed by atoms with van der Waals surface area (Å²) in [6, 6.07) is 57.0. The van der Waals surface area contributed by atoms with Crippen LogP contribution in [0.25, 0.3) is 93.3 Å². The molecule has 0 bridgehead atoms. The molecule has 0 radical (unpaired) electrons. The fourth-order valence-corrected chi connectivity index (χ4v) is 7.68.